The van der Waals surface area contributed by atoms with Gasteiger partial charge in [0, 0.05) is 35.2 Å². The summed E-state index contributed by atoms with van der Waals surface area (Å²) in [6, 6.07) is 7.01. The van der Waals surface area contributed by atoms with Gasteiger partial charge < -0.3 is 14.5 Å². The Balaban J connectivity index is 2.59. The van der Waals surface area contributed by atoms with Crippen LogP contribution in [0.4, 0.5) is 0 Å². The fourth-order valence-corrected chi connectivity index (χ4v) is 3.02. The highest BCUT2D eigenvalue weighted by atomic mass is 16.5. The van der Waals surface area contributed by atoms with E-state index in [1.807, 2.05) is 6.07 Å². The zero-order chi connectivity index (χ0) is 15.2. The van der Waals surface area contributed by atoms with Gasteiger partial charge in [-0.25, -0.2) is 0 Å². The lowest BCUT2D eigenvalue weighted by atomic mass is 9.88. The second-order valence-corrected chi connectivity index (χ2v) is 6.01. The normalized spacial score (nSPS) is 17.0. The molecule has 2 heterocycles. The van der Waals surface area contributed by atoms with Gasteiger partial charge in [0.2, 0.25) is 5.43 Å². The maximum atomic E-state index is 12.4. The van der Waals surface area contributed by atoms with Crippen molar-refractivity contribution in [1.29, 1.82) is 0 Å². The van der Waals surface area contributed by atoms with Gasteiger partial charge in [-0.05, 0) is 18.6 Å². The van der Waals surface area contributed by atoms with Crippen LogP contribution in [0.25, 0.3) is 10.9 Å². The fourth-order valence-electron chi connectivity index (χ4n) is 3.02. The summed E-state index contributed by atoms with van der Waals surface area (Å²) in [5.41, 5.74) is 1.46. The smallest absolute Gasteiger partial charge is 0.210 e. The molecule has 3 rings (SSSR count). The molecule has 2 aromatic rings. The summed E-state index contributed by atoms with van der Waals surface area (Å²) in [6.45, 7) is 5.06. The molecular formula is C16H18N2O3. The van der Waals surface area contributed by atoms with E-state index in [1.54, 1.807) is 25.3 Å². The Morgan fingerprint density at radius 3 is 2.76 bits per heavy atom. The van der Waals surface area contributed by atoms with Crippen molar-refractivity contribution in [3.05, 3.63) is 45.5 Å². The number of hydrogen-bond acceptors (Lipinski definition) is 4. The second-order valence-electron chi connectivity index (χ2n) is 6.01. The average molecular weight is 286 g/mol. The third kappa shape index (κ3) is 2.00. The number of hydrogen-bond donors (Lipinski definition) is 1. The predicted molar refractivity (Wildman–Crippen MR) is 79.8 cm³/mol. The first-order valence-electron chi connectivity index (χ1n) is 6.92. The third-order valence-electron chi connectivity index (χ3n) is 4.30. The van der Waals surface area contributed by atoms with Gasteiger partial charge in [-0.15, -0.1) is 0 Å². The molecule has 0 radical (unpaired) electrons. The summed E-state index contributed by atoms with van der Waals surface area (Å²) in [6.07, 6.45) is 0.967. The van der Waals surface area contributed by atoms with Crippen LogP contribution in [0.15, 0.2) is 34.2 Å². The SMILES string of the molecule is COc1ccc2/c(=N/O)c(=O)cc3n(c2c1)CCC3(C)C. The molecule has 5 heteroatoms. The van der Waals surface area contributed by atoms with Gasteiger partial charge in [-0.2, -0.15) is 0 Å². The van der Waals surface area contributed by atoms with Gasteiger partial charge in [0.05, 0.1) is 12.6 Å². The molecule has 0 saturated heterocycles. The zero-order valence-corrected chi connectivity index (χ0v) is 12.4. The summed E-state index contributed by atoms with van der Waals surface area (Å²) in [5, 5.41) is 13.2. The van der Waals surface area contributed by atoms with E-state index in [4.69, 9.17) is 4.74 Å². The van der Waals surface area contributed by atoms with Crippen molar-refractivity contribution in [3.63, 3.8) is 0 Å². The van der Waals surface area contributed by atoms with Crippen LogP contribution < -0.4 is 15.5 Å². The lowest BCUT2D eigenvalue weighted by molar-refractivity contribution is 0.302. The van der Waals surface area contributed by atoms with E-state index in [-0.39, 0.29) is 16.2 Å². The van der Waals surface area contributed by atoms with Crippen molar-refractivity contribution >= 4 is 10.9 Å². The average Bonchev–Trinajstić information content (AvgIpc) is 2.68. The number of ether oxygens (including phenoxy) is 1. The summed E-state index contributed by atoms with van der Waals surface area (Å²) < 4.78 is 7.40. The number of fused-ring (bicyclic) bond motifs is 3. The molecule has 0 amide bonds. The zero-order valence-electron chi connectivity index (χ0n) is 12.4. The van der Waals surface area contributed by atoms with Gasteiger partial charge >= 0.3 is 0 Å². The molecule has 1 aliphatic rings. The Labute approximate surface area is 122 Å². The molecule has 1 N–H and O–H groups in total. The summed E-state index contributed by atoms with van der Waals surface area (Å²) in [4.78, 5) is 12.4. The molecule has 1 aromatic carbocycles. The Morgan fingerprint density at radius 1 is 1.33 bits per heavy atom. The van der Waals surface area contributed by atoms with Crippen LogP contribution in [-0.2, 0) is 12.0 Å². The lowest BCUT2D eigenvalue weighted by Crippen LogP contribution is -2.23. The predicted octanol–water partition coefficient (Wildman–Crippen LogP) is 1.98. The van der Waals surface area contributed by atoms with Crippen LogP contribution in [0.1, 0.15) is 26.0 Å². The van der Waals surface area contributed by atoms with Crippen molar-refractivity contribution in [2.75, 3.05) is 7.11 Å². The molecule has 0 fully saturated rings. The van der Waals surface area contributed by atoms with E-state index in [0.717, 1.165) is 24.2 Å². The van der Waals surface area contributed by atoms with Crippen molar-refractivity contribution in [1.82, 2.24) is 4.57 Å². The second kappa shape index (κ2) is 4.62. The number of methoxy groups -OCH3 is 1. The largest absolute Gasteiger partial charge is 0.497 e. The molecule has 1 aliphatic heterocycles. The van der Waals surface area contributed by atoms with Crippen LogP contribution >= 0.6 is 0 Å². The first-order chi connectivity index (χ1) is 9.97. The number of nitrogens with zero attached hydrogens (tertiary/aromatic N) is 2. The number of rotatable bonds is 1. The first-order valence-corrected chi connectivity index (χ1v) is 6.92. The summed E-state index contributed by atoms with van der Waals surface area (Å²) >= 11 is 0. The van der Waals surface area contributed by atoms with E-state index in [9.17, 15) is 10.0 Å². The van der Waals surface area contributed by atoms with Gasteiger partial charge in [-0.3, -0.25) is 4.79 Å². The molecule has 0 unspecified atom stereocenters. The van der Waals surface area contributed by atoms with Crippen molar-refractivity contribution in [2.24, 2.45) is 5.16 Å². The molecule has 0 bridgehead atoms. The van der Waals surface area contributed by atoms with Gasteiger partial charge in [0.15, 0.2) is 5.36 Å². The van der Waals surface area contributed by atoms with Gasteiger partial charge in [-0.1, -0.05) is 19.0 Å². The van der Waals surface area contributed by atoms with Crippen LogP contribution in [-0.4, -0.2) is 16.9 Å². The minimum atomic E-state index is -0.267. The maximum Gasteiger partial charge on any atom is 0.210 e. The Bertz CT molecular complexity index is 850. The molecular weight excluding hydrogens is 268 g/mol. The summed E-state index contributed by atoms with van der Waals surface area (Å²) in [5.74, 6) is 0.712. The highest BCUT2D eigenvalue weighted by molar-refractivity contribution is 5.80. The molecule has 0 spiro atoms. The highest BCUT2D eigenvalue weighted by Gasteiger charge is 2.30. The van der Waals surface area contributed by atoms with Crippen LogP contribution in [0.3, 0.4) is 0 Å². The Morgan fingerprint density at radius 2 is 2.10 bits per heavy atom. The van der Waals surface area contributed by atoms with Crippen LogP contribution in [0.5, 0.6) is 5.75 Å². The molecule has 1 aromatic heterocycles. The van der Waals surface area contributed by atoms with E-state index >= 15 is 0 Å². The van der Waals surface area contributed by atoms with Crippen molar-refractivity contribution in [2.45, 2.75) is 32.2 Å². The van der Waals surface area contributed by atoms with Crippen LogP contribution in [0.2, 0.25) is 0 Å². The first kappa shape index (κ1) is 13.7. The van der Waals surface area contributed by atoms with Gasteiger partial charge in [0.1, 0.15) is 5.75 Å². The number of benzene rings is 1. The third-order valence-corrected chi connectivity index (χ3v) is 4.30. The van der Waals surface area contributed by atoms with E-state index in [2.05, 4.69) is 23.6 Å². The fraction of sp³-hybridized carbons (Fsp3) is 0.375. The molecule has 21 heavy (non-hydrogen) atoms. The van der Waals surface area contributed by atoms with E-state index in [0.29, 0.717) is 11.1 Å². The topological polar surface area (TPSA) is 63.8 Å². The standard InChI is InChI=1S/C16H18N2O3/c1-16(2)6-7-18-12-8-10(21-3)4-5-11(12)15(17-20)13(19)9-14(16)18/h4-5,8-9,20H,6-7H2,1-3H3/b17-15-. The molecule has 5 nitrogen and oxygen atoms in total. The monoisotopic (exact) mass is 286 g/mol. The van der Waals surface area contributed by atoms with E-state index < -0.39 is 0 Å². The van der Waals surface area contributed by atoms with Crippen LogP contribution in [0, 0.1) is 0 Å². The minimum absolute atomic E-state index is 0.0744. The molecule has 110 valence electrons. The Kier molecular flexibility index (Phi) is 3.01. The maximum absolute atomic E-state index is 12.4. The quantitative estimate of drug-likeness (QED) is 0.644. The highest BCUT2D eigenvalue weighted by Crippen LogP contribution is 2.34. The molecule has 0 aliphatic carbocycles. The minimum Gasteiger partial charge on any atom is -0.497 e. The van der Waals surface area contributed by atoms with E-state index in [1.165, 1.54) is 0 Å². The lowest BCUT2D eigenvalue weighted by Gasteiger charge is -2.16. The Hall–Kier alpha value is -2.30. The molecule has 0 saturated carbocycles. The van der Waals surface area contributed by atoms with Gasteiger partial charge in [0.25, 0.3) is 0 Å². The van der Waals surface area contributed by atoms with Crippen molar-refractivity contribution < 1.29 is 9.94 Å². The van der Waals surface area contributed by atoms with Crippen molar-refractivity contribution in [3.8, 4) is 5.75 Å². The summed E-state index contributed by atoms with van der Waals surface area (Å²) in [7, 11) is 1.61. The number of aromatic nitrogens is 1. The molecule has 0 atom stereocenters. The number of aryl methyl sites for hydroxylation is 1.